The first-order chi connectivity index (χ1) is 9.08. The van der Waals surface area contributed by atoms with E-state index >= 15 is 0 Å². The van der Waals surface area contributed by atoms with E-state index in [1.165, 1.54) is 11.3 Å². The van der Waals surface area contributed by atoms with E-state index in [9.17, 15) is 9.59 Å². The maximum absolute atomic E-state index is 11.9. The van der Waals surface area contributed by atoms with Crippen molar-refractivity contribution >= 4 is 39.1 Å². The molecular formula is C13H17BrN2O2S. The Labute approximate surface area is 125 Å². The van der Waals surface area contributed by atoms with Gasteiger partial charge in [-0.2, -0.15) is 0 Å². The second-order valence-corrected chi connectivity index (χ2v) is 7.03. The highest BCUT2D eigenvalue weighted by Gasteiger charge is 2.18. The van der Waals surface area contributed by atoms with Crippen LogP contribution in [-0.2, 0) is 4.79 Å². The van der Waals surface area contributed by atoms with Gasteiger partial charge in [-0.15, -0.1) is 11.3 Å². The van der Waals surface area contributed by atoms with Crippen molar-refractivity contribution in [3.8, 4) is 0 Å². The van der Waals surface area contributed by atoms with Gasteiger partial charge in [0, 0.05) is 26.1 Å². The van der Waals surface area contributed by atoms with Gasteiger partial charge < -0.3 is 10.2 Å². The summed E-state index contributed by atoms with van der Waals surface area (Å²) in [6.07, 6.45) is 2.58. The van der Waals surface area contributed by atoms with Gasteiger partial charge in [0.2, 0.25) is 5.91 Å². The predicted octanol–water partition coefficient (Wildman–Crippen LogP) is 2.56. The van der Waals surface area contributed by atoms with Gasteiger partial charge >= 0.3 is 0 Å². The number of rotatable bonds is 4. The molecule has 4 nitrogen and oxygen atoms in total. The second-order valence-electron chi connectivity index (χ2n) is 4.66. The lowest BCUT2D eigenvalue weighted by Crippen LogP contribution is -2.32. The van der Waals surface area contributed by atoms with Crippen molar-refractivity contribution in [2.24, 2.45) is 0 Å². The summed E-state index contributed by atoms with van der Waals surface area (Å²) in [6.45, 7) is 4.09. The number of amides is 2. The number of aryl methyl sites for hydroxylation is 1. The molecule has 2 rings (SSSR count). The topological polar surface area (TPSA) is 49.4 Å². The van der Waals surface area contributed by atoms with E-state index < -0.39 is 0 Å². The molecule has 0 saturated carbocycles. The number of likely N-dealkylation sites (tertiary alicyclic amines) is 1. The SMILES string of the molecule is Cc1cc(C(=O)NCCC(=O)N2CCCC2)sc1Br. The molecule has 6 heteroatoms. The van der Waals surface area contributed by atoms with Gasteiger partial charge in [0.25, 0.3) is 5.91 Å². The van der Waals surface area contributed by atoms with Gasteiger partial charge in [0.15, 0.2) is 0 Å². The van der Waals surface area contributed by atoms with Crippen molar-refractivity contribution in [2.45, 2.75) is 26.2 Å². The van der Waals surface area contributed by atoms with E-state index in [4.69, 9.17) is 0 Å². The third-order valence-electron chi connectivity index (χ3n) is 3.16. The molecule has 19 heavy (non-hydrogen) atoms. The largest absolute Gasteiger partial charge is 0.351 e. The highest BCUT2D eigenvalue weighted by molar-refractivity contribution is 9.11. The molecule has 1 aromatic heterocycles. The minimum absolute atomic E-state index is 0.104. The number of hydrogen-bond donors (Lipinski definition) is 1. The van der Waals surface area contributed by atoms with Crippen LogP contribution in [-0.4, -0.2) is 36.3 Å². The van der Waals surface area contributed by atoms with Gasteiger partial charge in [0.1, 0.15) is 0 Å². The van der Waals surface area contributed by atoms with Crippen LogP contribution in [0.25, 0.3) is 0 Å². The normalized spacial score (nSPS) is 14.7. The van der Waals surface area contributed by atoms with Crippen LogP contribution in [0, 0.1) is 6.92 Å². The summed E-state index contributed by atoms with van der Waals surface area (Å²) in [5.41, 5.74) is 1.06. The van der Waals surface area contributed by atoms with Crippen molar-refractivity contribution in [1.29, 1.82) is 0 Å². The van der Waals surface area contributed by atoms with Crippen LogP contribution in [0.15, 0.2) is 9.85 Å². The Hall–Kier alpha value is -0.880. The zero-order chi connectivity index (χ0) is 13.8. The predicted molar refractivity (Wildman–Crippen MR) is 79.5 cm³/mol. The average Bonchev–Trinajstić information content (AvgIpc) is 3.00. The molecule has 0 bridgehead atoms. The Morgan fingerprint density at radius 1 is 1.42 bits per heavy atom. The van der Waals surface area contributed by atoms with Crippen LogP contribution < -0.4 is 5.32 Å². The molecular weight excluding hydrogens is 328 g/mol. The Balaban J connectivity index is 1.76. The number of nitrogens with zero attached hydrogens (tertiary/aromatic N) is 1. The lowest BCUT2D eigenvalue weighted by Gasteiger charge is -2.14. The summed E-state index contributed by atoms with van der Waals surface area (Å²) in [6, 6.07) is 1.85. The van der Waals surface area contributed by atoms with Crippen LogP contribution in [0.3, 0.4) is 0 Å². The Morgan fingerprint density at radius 2 is 2.11 bits per heavy atom. The summed E-state index contributed by atoms with van der Waals surface area (Å²) < 4.78 is 0.978. The summed E-state index contributed by atoms with van der Waals surface area (Å²) >= 11 is 4.81. The second kappa shape index (κ2) is 6.52. The summed E-state index contributed by atoms with van der Waals surface area (Å²) in [5.74, 6) is 0.0364. The third-order valence-corrected chi connectivity index (χ3v) is 5.30. The van der Waals surface area contributed by atoms with Gasteiger partial charge in [-0.3, -0.25) is 9.59 Å². The van der Waals surface area contributed by atoms with E-state index in [0.29, 0.717) is 17.8 Å². The molecule has 0 aromatic carbocycles. The first kappa shape index (κ1) is 14.5. The first-order valence-electron chi connectivity index (χ1n) is 6.40. The van der Waals surface area contributed by atoms with Crippen molar-refractivity contribution in [2.75, 3.05) is 19.6 Å². The van der Waals surface area contributed by atoms with E-state index in [1.54, 1.807) is 0 Å². The summed E-state index contributed by atoms with van der Waals surface area (Å²) in [5, 5.41) is 2.80. The molecule has 2 heterocycles. The van der Waals surface area contributed by atoms with Gasteiger partial charge in [0.05, 0.1) is 8.66 Å². The fourth-order valence-corrected chi connectivity index (χ4v) is 3.52. The number of nitrogens with one attached hydrogen (secondary N) is 1. The van der Waals surface area contributed by atoms with Crippen molar-refractivity contribution in [1.82, 2.24) is 10.2 Å². The molecule has 2 amide bonds. The smallest absolute Gasteiger partial charge is 0.261 e. The fourth-order valence-electron chi connectivity index (χ4n) is 2.07. The van der Waals surface area contributed by atoms with Gasteiger partial charge in [-0.05, 0) is 47.3 Å². The highest BCUT2D eigenvalue weighted by atomic mass is 79.9. The van der Waals surface area contributed by atoms with E-state index in [0.717, 1.165) is 35.3 Å². The summed E-state index contributed by atoms with van der Waals surface area (Å²) in [4.78, 5) is 26.2. The third kappa shape index (κ3) is 3.79. The van der Waals surface area contributed by atoms with Crippen LogP contribution >= 0.6 is 27.3 Å². The van der Waals surface area contributed by atoms with Gasteiger partial charge in [-0.1, -0.05) is 0 Å². The van der Waals surface area contributed by atoms with Crippen LogP contribution in [0.5, 0.6) is 0 Å². The molecule has 1 N–H and O–H groups in total. The lowest BCUT2D eigenvalue weighted by atomic mass is 10.3. The highest BCUT2D eigenvalue weighted by Crippen LogP contribution is 2.27. The zero-order valence-corrected chi connectivity index (χ0v) is 13.3. The fraction of sp³-hybridized carbons (Fsp3) is 0.538. The number of carbonyl (C=O) groups is 2. The molecule has 0 atom stereocenters. The van der Waals surface area contributed by atoms with Crippen LogP contribution in [0.4, 0.5) is 0 Å². The molecule has 0 spiro atoms. The molecule has 0 radical (unpaired) electrons. The number of carbonyl (C=O) groups excluding carboxylic acids is 2. The lowest BCUT2D eigenvalue weighted by molar-refractivity contribution is -0.129. The Morgan fingerprint density at radius 3 is 2.68 bits per heavy atom. The maximum atomic E-state index is 11.9. The van der Waals surface area contributed by atoms with E-state index in [-0.39, 0.29) is 11.8 Å². The summed E-state index contributed by atoms with van der Waals surface area (Å²) in [7, 11) is 0. The number of hydrogen-bond acceptors (Lipinski definition) is 3. The monoisotopic (exact) mass is 344 g/mol. The Kier molecular flexibility index (Phi) is 4.99. The average molecular weight is 345 g/mol. The minimum atomic E-state index is -0.104. The van der Waals surface area contributed by atoms with Crippen molar-refractivity contribution in [3.05, 3.63) is 20.3 Å². The molecule has 1 aliphatic heterocycles. The molecule has 0 aliphatic carbocycles. The molecule has 1 aliphatic rings. The zero-order valence-electron chi connectivity index (χ0n) is 10.9. The molecule has 1 fully saturated rings. The quantitative estimate of drug-likeness (QED) is 0.912. The van der Waals surface area contributed by atoms with Crippen LogP contribution in [0.1, 0.15) is 34.5 Å². The van der Waals surface area contributed by atoms with E-state index in [2.05, 4.69) is 21.2 Å². The van der Waals surface area contributed by atoms with Crippen molar-refractivity contribution < 1.29 is 9.59 Å². The minimum Gasteiger partial charge on any atom is -0.351 e. The van der Waals surface area contributed by atoms with Gasteiger partial charge in [-0.25, -0.2) is 0 Å². The molecule has 1 saturated heterocycles. The maximum Gasteiger partial charge on any atom is 0.261 e. The first-order valence-corrected chi connectivity index (χ1v) is 8.01. The van der Waals surface area contributed by atoms with E-state index in [1.807, 2.05) is 17.9 Å². The number of halogens is 1. The standard InChI is InChI=1S/C13H17BrN2O2S/c1-9-8-10(19-12(9)14)13(18)15-5-4-11(17)16-6-2-3-7-16/h8H,2-7H2,1H3,(H,15,18). The molecule has 104 valence electrons. The number of thiophene rings is 1. The van der Waals surface area contributed by atoms with Crippen LogP contribution in [0.2, 0.25) is 0 Å². The van der Waals surface area contributed by atoms with Crippen molar-refractivity contribution in [3.63, 3.8) is 0 Å². The molecule has 0 unspecified atom stereocenters. The Bertz CT molecular complexity index is 461. The molecule has 1 aromatic rings.